The van der Waals surface area contributed by atoms with Crippen molar-refractivity contribution in [3.05, 3.63) is 41.6 Å². The number of aliphatic hydroxyl groups excluding tert-OH is 1. The minimum Gasteiger partial charge on any atom is -0.488 e. The summed E-state index contributed by atoms with van der Waals surface area (Å²) in [6.07, 6.45) is 2.25. The van der Waals surface area contributed by atoms with Crippen molar-refractivity contribution in [1.29, 1.82) is 0 Å². The molecule has 2 aliphatic heterocycles. The van der Waals surface area contributed by atoms with Crippen LogP contribution in [0.3, 0.4) is 0 Å². The zero-order valence-electron chi connectivity index (χ0n) is 16.8. The molecule has 0 radical (unpaired) electrons. The first-order valence-corrected chi connectivity index (χ1v) is 10.0. The summed E-state index contributed by atoms with van der Waals surface area (Å²) in [6, 6.07) is 5.05. The van der Waals surface area contributed by atoms with Gasteiger partial charge in [0, 0.05) is 57.0 Å². The van der Waals surface area contributed by atoms with Crippen LogP contribution in [0.25, 0.3) is 0 Å². The van der Waals surface area contributed by atoms with Crippen LogP contribution in [-0.4, -0.2) is 71.1 Å². The van der Waals surface area contributed by atoms with Crippen LogP contribution in [0.1, 0.15) is 31.5 Å². The van der Waals surface area contributed by atoms with E-state index in [1.54, 1.807) is 12.4 Å². The fourth-order valence-corrected chi connectivity index (χ4v) is 3.64. The summed E-state index contributed by atoms with van der Waals surface area (Å²) >= 11 is 0. The maximum Gasteiger partial charge on any atom is 0.167 e. The highest BCUT2D eigenvalue weighted by Crippen LogP contribution is 2.37. The molecule has 0 spiro atoms. The van der Waals surface area contributed by atoms with Crippen LogP contribution in [0.4, 0.5) is 15.9 Å². The molecule has 0 bridgehead atoms. The number of ether oxygens (including phenoxy) is 1. The number of anilines is 1. The topological polar surface area (TPSA) is 74.1 Å². The summed E-state index contributed by atoms with van der Waals surface area (Å²) < 4.78 is 19.7. The van der Waals surface area contributed by atoms with Crippen molar-refractivity contribution in [2.75, 3.05) is 44.2 Å². The fraction of sp³-hybridized carbons (Fsp3) is 0.476. The second kappa shape index (κ2) is 8.42. The molecule has 0 unspecified atom stereocenters. The van der Waals surface area contributed by atoms with Gasteiger partial charge in [0.05, 0.1) is 23.2 Å². The first kappa shape index (κ1) is 19.7. The lowest BCUT2D eigenvalue weighted by molar-refractivity contribution is 0.215. The van der Waals surface area contributed by atoms with E-state index < -0.39 is 5.82 Å². The summed E-state index contributed by atoms with van der Waals surface area (Å²) in [6.45, 7) is 8.53. The van der Waals surface area contributed by atoms with Gasteiger partial charge in [0.25, 0.3) is 0 Å². The lowest BCUT2D eigenvalue weighted by atomic mass is 9.98. The first-order valence-electron chi connectivity index (χ1n) is 10.0. The van der Waals surface area contributed by atoms with Crippen LogP contribution >= 0.6 is 0 Å². The third kappa shape index (κ3) is 4.23. The maximum absolute atomic E-state index is 14.1. The average molecular weight is 399 g/mol. The SMILES string of the molecule is CC(C)Oc1cc2c(cc1F)N=C2c1cc(N2CCN(CCCO)CC2)ncn1. The van der Waals surface area contributed by atoms with E-state index in [0.717, 1.165) is 61.9 Å². The highest BCUT2D eigenvalue weighted by atomic mass is 19.1. The number of aliphatic hydroxyl groups is 1. The van der Waals surface area contributed by atoms with E-state index in [9.17, 15) is 4.39 Å². The normalized spacial score (nSPS) is 16.4. The molecule has 154 valence electrons. The molecule has 1 N–H and O–H groups in total. The van der Waals surface area contributed by atoms with Gasteiger partial charge >= 0.3 is 0 Å². The Hall–Kier alpha value is -2.58. The predicted molar refractivity (Wildman–Crippen MR) is 110 cm³/mol. The minimum atomic E-state index is -0.400. The summed E-state index contributed by atoms with van der Waals surface area (Å²) in [7, 11) is 0. The van der Waals surface area contributed by atoms with Crippen molar-refractivity contribution >= 4 is 17.2 Å². The van der Waals surface area contributed by atoms with Crippen LogP contribution in [0.2, 0.25) is 0 Å². The van der Waals surface area contributed by atoms with E-state index in [-0.39, 0.29) is 18.5 Å². The van der Waals surface area contributed by atoms with E-state index in [0.29, 0.717) is 5.69 Å². The number of benzene rings is 1. The summed E-state index contributed by atoms with van der Waals surface area (Å²) in [5, 5.41) is 8.99. The van der Waals surface area contributed by atoms with Gasteiger partial charge < -0.3 is 14.7 Å². The molecule has 3 heterocycles. The standard InChI is InChI=1S/C21H26FN5O2/c1-14(2)29-19-10-15-17(11-16(19)22)25-21(15)18-12-20(24-13-23-18)27-7-5-26(6-8-27)4-3-9-28/h10-14,28H,3-9H2,1-2H3. The number of fused-ring (bicyclic) bond motifs is 1. The quantitative estimate of drug-likeness (QED) is 0.658. The van der Waals surface area contributed by atoms with Crippen LogP contribution in [-0.2, 0) is 0 Å². The number of rotatable bonds is 7. The largest absolute Gasteiger partial charge is 0.488 e. The number of nitrogens with zero attached hydrogens (tertiary/aromatic N) is 5. The molecule has 4 rings (SSSR count). The Morgan fingerprint density at radius 2 is 1.93 bits per heavy atom. The summed E-state index contributed by atoms with van der Waals surface area (Å²) in [5.41, 5.74) is 2.93. The van der Waals surface area contributed by atoms with E-state index in [1.807, 2.05) is 19.9 Å². The van der Waals surface area contributed by atoms with Crippen molar-refractivity contribution in [3.63, 3.8) is 0 Å². The summed E-state index contributed by atoms with van der Waals surface area (Å²) in [4.78, 5) is 17.9. The van der Waals surface area contributed by atoms with Gasteiger partial charge in [0.15, 0.2) is 11.6 Å². The van der Waals surface area contributed by atoms with Gasteiger partial charge in [-0.25, -0.2) is 19.4 Å². The average Bonchev–Trinajstić information content (AvgIpc) is 2.71. The van der Waals surface area contributed by atoms with Gasteiger partial charge in [-0.2, -0.15) is 0 Å². The Morgan fingerprint density at radius 1 is 1.14 bits per heavy atom. The molecule has 2 aromatic rings. The molecule has 0 amide bonds. The smallest absolute Gasteiger partial charge is 0.167 e. The molecule has 29 heavy (non-hydrogen) atoms. The number of hydrogen-bond donors (Lipinski definition) is 1. The van der Waals surface area contributed by atoms with Gasteiger partial charge in [-0.15, -0.1) is 0 Å². The number of piperazine rings is 1. The Balaban J connectivity index is 1.48. The minimum absolute atomic E-state index is 0.107. The van der Waals surface area contributed by atoms with Crippen LogP contribution in [0, 0.1) is 5.82 Å². The molecular formula is C21H26FN5O2. The monoisotopic (exact) mass is 399 g/mol. The van der Waals surface area contributed by atoms with Crippen molar-refractivity contribution in [2.45, 2.75) is 26.4 Å². The number of aliphatic imine (C=N–C) groups is 1. The van der Waals surface area contributed by atoms with Gasteiger partial charge in [-0.1, -0.05) is 0 Å². The molecule has 2 aliphatic rings. The zero-order valence-corrected chi connectivity index (χ0v) is 16.8. The van der Waals surface area contributed by atoms with Crippen molar-refractivity contribution < 1.29 is 14.2 Å². The Bertz CT molecular complexity index is 910. The zero-order chi connectivity index (χ0) is 20.4. The van der Waals surface area contributed by atoms with Crippen molar-refractivity contribution in [2.24, 2.45) is 4.99 Å². The highest BCUT2D eigenvalue weighted by molar-refractivity contribution is 6.21. The first-order chi connectivity index (χ1) is 14.0. The molecule has 0 saturated carbocycles. The molecule has 7 nitrogen and oxygen atoms in total. The van der Waals surface area contributed by atoms with Gasteiger partial charge in [0.2, 0.25) is 0 Å². The fourth-order valence-electron chi connectivity index (χ4n) is 3.64. The molecule has 0 aliphatic carbocycles. The second-order valence-electron chi connectivity index (χ2n) is 7.59. The van der Waals surface area contributed by atoms with Crippen molar-refractivity contribution in [1.82, 2.24) is 14.9 Å². The van der Waals surface area contributed by atoms with Gasteiger partial charge in [-0.05, 0) is 26.3 Å². The highest BCUT2D eigenvalue weighted by Gasteiger charge is 2.26. The molecule has 1 aromatic heterocycles. The molecule has 8 heteroatoms. The van der Waals surface area contributed by atoms with E-state index in [1.165, 1.54) is 6.07 Å². The van der Waals surface area contributed by atoms with E-state index >= 15 is 0 Å². The van der Waals surface area contributed by atoms with Gasteiger partial charge in [-0.3, -0.25) is 4.90 Å². The molecular weight excluding hydrogens is 373 g/mol. The number of hydrogen-bond acceptors (Lipinski definition) is 7. The van der Waals surface area contributed by atoms with E-state index in [4.69, 9.17) is 9.84 Å². The number of aromatic nitrogens is 2. The maximum atomic E-state index is 14.1. The van der Waals surface area contributed by atoms with Crippen molar-refractivity contribution in [3.8, 4) is 5.75 Å². The molecule has 1 fully saturated rings. The predicted octanol–water partition coefficient (Wildman–Crippen LogP) is 2.39. The third-order valence-corrected chi connectivity index (χ3v) is 5.12. The van der Waals surface area contributed by atoms with Crippen LogP contribution in [0.15, 0.2) is 29.5 Å². The van der Waals surface area contributed by atoms with Crippen LogP contribution < -0.4 is 9.64 Å². The lowest BCUT2D eigenvalue weighted by Gasteiger charge is -2.35. The Morgan fingerprint density at radius 3 is 2.66 bits per heavy atom. The second-order valence-corrected chi connectivity index (χ2v) is 7.59. The lowest BCUT2D eigenvalue weighted by Crippen LogP contribution is -2.47. The van der Waals surface area contributed by atoms with E-state index in [2.05, 4.69) is 24.8 Å². The van der Waals surface area contributed by atoms with Crippen LogP contribution in [0.5, 0.6) is 5.75 Å². The molecule has 0 atom stereocenters. The Kier molecular flexibility index (Phi) is 5.73. The Labute approximate surface area is 169 Å². The molecule has 1 saturated heterocycles. The number of halogens is 1. The third-order valence-electron chi connectivity index (χ3n) is 5.12. The molecule has 1 aromatic carbocycles. The van der Waals surface area contributed by atoms with Gasteiger partial charge in [0.1, 0.15) is 12.1 Å². The summed E-state index contributed by atoms with van der Waals surface area (Å²) in [5.74, 6) is 0.704.